The number of rotatable bonds is 5. The maximum atomic E-state index is 14.1. The molecular formula is C16H16Br2FN. The minimum atomic E-state index is -0.190. The molecule has 1 nitrogen and oxygen atoms in total. The molecule has 0 heterocycles. The second-order valence-electron chi connectivity index (χ2n) is 4.60. The normalized spacial score (nSPS) is 12.4. The van der Waals surface area contributed by atoms with Gasteiger partial charge in [-0.2, -0.15) is 0 Å². The van der Waals surface area contributed by atoms with Crippen molar-refractivity contribution in [2.24, 2.45) is 0 Å². The third-order valence-corrected chi connectivity index (χ3v) is 4.09. The zero-order valence-corrected chi connectivity index (χ0v) is 14.3. The summed E-state index contributed by atoms with van der Waals surface area (Å²) in [7, 11) is 0. The highest BCUT2D eigenvalue weighted by Gasteiger charge is 2.17. The van der Waals surface area contributed by atoms with Gasteiger partial charge >= 0.3 is 0 Å². The first-order valence-corrected chi connectivity index (χ1v) is 8.14. The Bertz CT molecular complexity index is 569. The molecule has 0 aliphatic rings. The number of benzene rings is 2. The van der Waals surface area contributed by atoms with Crippen LogP contribution in [0.15, 0.2) is 51.4 Å². The molecule has 0 radical (unpaired) electrons. The van der Waals surface area contributed by atoms with Crippen LogP contribution in [0.4, 0.5) is 4.39 Å². The van der Waals surface area contributed by atoms with E-state index in [-0.39, 0.29) is 11.9 Å². The van der Waals surface area contributed by atoms with Crippen LogP contribution in [0.25, 0.3) is 0 Å². The van der Waals surface area contributed by atoms with Crippen molar-refractivity contribution in [1.82, 2.24) is 5.32 Å². The quantitative estimate of drug-likeness (QED) is 0.704. The Kier molecular flexibility index (Phi) is 5.75. The van der Waals surface area contributed by atoms with E-state index in [1.165, 1.54) is 6.07 Å². The summed E-state index contributed by atoms with van der Waals surface area (Å²) in [5.74, 6) is -0.190. The highest BCUT2D eigenvalue weighted by atomic mass is 79.9. The zero-order chi connectivity index (χ0) is 14.5. The Morgan fingerprint density at radius 3 is 2.35 bits per heavy atom. The Morgan fingerprint density at radius 1 is 1.05 bits per heavy atom. The highest BCUT2D eigenvalue weighted by Crippen LogP contribution is 2.28. The summed E-state index contributed by atoms with van der Waals surface area (Å²) in [6.07, 6.45) is 1.00. The minimum Gasteiger partial charge on any atom is -0.306 e. The molecule has 0 aliphatic carbocycles. The van der Waals surface area contributed by atoms with Crippen LogP contribution in [0, 0.1) is 5.82 Å². The van der Waals surface area contributed by atoms with Crippen LogP contribution >= 0.6 is 31.9 Å². The number of hydrogen-bond donors (Lipinski definition) is 1. The lowest BCUT2D eigenvalue weighted by molar-refractivity contribution is 0.546. The monoisotopic (exact) mass is 399 g/mol. The lowest BCUT2D eigenvalue weighted by Crippen LogP contribution is -2.24. The molecule has 1 N–H and O–H groups in total. The van der Waals surface area contributed by atoms with Crippen LogP contribution in [-0.4, -0.2) is 6.54 Å². The molecular weight excluding hydrogens is 385 g/mol. The van der Waals surface area contributed by atoms with Crippen LogP contribution in [0.3, 0.4) is 0 Å². The second kappa shape index (κ2) is 7.34. The SMILES string of the molecule is CCCNC(c1ccc(Br)cc1)c1cc(Br)ccc1F. The van der Waals surface area contributed by atoms with Crippen molar-refractivity contribution in [3.05, 3.63) is 68.4 Å². The third kappa shape index (κ3) is 3.90. The molecule has 4 heteroatoms. The summed E-state index contributed by atoms with van der Waals surface area (Å²) in [6.45, 7) is 2.94. The van der Waals surface area contributed by atoms with Gasteiger partial charge in [-0.1, -0.05) is 50.9 Å². The van der Waals surface area contributed by atoms with E-state index < -0.39 is 0 Å². The molecule has 0 aliphatic heterocycles. The first-order valence-electron chi connectivity index (χ1n) is 6.55. The summed E-state index contributed by atoms with van der Waals surface area (Å²) in [5, 5.41) is 3.41. The van der Waals surface area contributed by atoms with Gasteiger partial charge in [-0.3, -0.25) is 0 Å². The Morgan fingerprint density at radius 2 is 1.70 bits per heavy atom. The predicted molar refractivity (Wildman–Crippen MR) is 88.4 cm³/mol. The summed E-state index contributed by atoms with van der Waals surface area (Å²) in [5.41, 5.74) is 1.72. The van der Waals surface area contributed by atoms with Gasteiger partial charge < -0.3 is 5.32 Å². The van der Waals surface area contributed by atoms with Gasteiger partial charge in [-0.25, -0.2) is 4.39 Å². The fraction of sp³-hybridized carbons (Fsp3) is 0.250. The molecule has 0 fully saturated rings. The van der Waals surface area contributed by atoms with Crippen molar-refractivity contribution in [3.63, 3.8) is 0 Å². The Hall–Kier alpha value is -0.710. The minimum absolute atomic E-state index is 0.138. The molecule has 20 heavy (non-hydrogen) atoms. The molecule has 106 valence electrons. The topological polar surface area (TPSA) is 12.0 Å². The van der Waals surface area contributed by atoms with Crippen LogP contribution in [0.5, 0.6) is 0 Å². The molecule has 0 saturated carbocycles. The number of hydrogen-bond acceptors (Lipinski definition) is 1. The van der Waals surface area contributed by atoms with E-state index in [0.717, 1.165) is 27.5 Å². The van der Waals surface area contributed by atoms with Crippen LogP contribution < -0.4 is 5.32 Å². The fourth-order valence-corrected chi connectivity index (χ4v) is 2.73. The van der Waals surface area contributed by atoms with Gasteiger partial charge in [0.25, 0.3) is 0 Å². The van der Waals surface area contributed by atoms with Crippen molar-refractivity contribution in [3.8, 4) is 0 Å². The molecule has 2 aromatic carbocycles. The molecule has 0 spiro atoms. The average molecular weight is 401 g/mol. The van der Waals surface area contributed by atoms with Gasteiger partial charge in [-0.15, -0.1) is 0 Å². The van der Waals surface area contributed by atoms with Crippen LogP contribution in [-0.2, 0) is 0 Å². The van der Waals surface area contributed by atoms with Crippen LogP contribution in [0.2, 0.25) is 0 Å². The van der Waals surface area contributed by atoms with E-state index in [0.29, 0.717) is 5.56 Å². The molecule has 2 rings (SSSR count). The van der Waals surface area contributed by atoms with Crippen molar-refractivity contribution in [1.29, 1.82) is 0 Å². The summed E-state index contributed by atoms with van der Waals surface area (Å²) in [4.78, 5) is 0. The largest absolute Gasteiger partial charge is 0.306 e. The average Bonchev–Trinajstić information content (AvgIpc) is 2.44. The number of halogens is 3. The maximum Gasteiger partial charge on any atom is 0.128 e. The van der Waals surface area contributed by atoms with Gasteiger partial charge in [-0.05, 0) is 48.9 Å². The van der Waals surface area contributed by atoms with Gasteiger partial charge in [0, 0.05) is 14.5 Å². The van der Waals surface area contributed by atoms with Crippen molar-refractivity contribution in [2.45, 2.75) is 19.4 Å². The molecule has 0 amide bonds. The van der Waals surface area contributed by atoms with E-state index in [9.17, 15) is 4.39 Å². The molecule has 0 bridgehead atoms. The van der Waals surface area contributed by atoms with Gasteiger partial charge in [0.15, 0.2) is 0 Å². The molecule has 1 atom stereocenters. The Balaban J connectivity index is 2.41. The van der Waals surface area contributed by atoms with E-state index in [1.807, 2.05) is 30.3 Å². The summed E-state index contributed by atoms with van der Waals surface area (Å²) in [6, 6.07) is 12.9. The van der Waals surface area contributed by atoms with E-state index in [2.05, 4.69) is 44.1 Å². The lowest BCUT2D eigenvalue weighted by Gasteiger charge is -2.20. The fourth-order valence-electron chi connectivity index (χ4n) is 2.09. The van der Waals surface area contributed by atoms with E-state index in [1.54, 1.807) is 6.07 Å². The smallest absolute Gasteiger partial charge is 0.128 e. The van der Waals surface area contributed by atoms with Crippen molar-refractivity contribution >= 4 is 31.9 Å². The summed E-state index contributed by atoms with van der Waals surface area (Å²) >= 11 is 6.84. The molecule has 1 unspecified atom stereocenters. The van der Waals surface area contributed by atoms with Gasteiger partial charge in [0.05, 0.1) is 6.04 Å². The first kappa shape index (κ1) is 15.7. The molecule has 2 aromatic rings. The first-order chi connectivity index (χ1) is 9.61. The predicted octanol–water partition coefficient (Wildman–Crippen LogP) is 5.44. The number of nitrogens with one attached hydrogen (secondary N) is 1. The summed E-state index contributed by atoms with van der Waals surface area (Å²) < 4.78 is 16.0. The van der Waals surface area contributed by atoms with E-state index in [4.69, 9.17) is 0 Å². The second-order valence-corrected chi connectivity index (χ2v) is 6.44. The lowest BCUT2D eigenvalue weighted by atomic mass is 9.98. The van der Waals surface area contributed by atoms with Crippen LogP contribution in [0.1, 0.15) is 30.5 Å². The molecule has 0 saturated heterocycles. The standard InChI is InChI=1S/C16H16Br2FN/c1-2-9-20-16(11-3-5-12(17)6-4-11)14-10-13(18)7-8-15(14)19/h3-8,10,16,20H,2,9H2,1H3. The highest BCUT2D eigenvalue weighted by molar-refractivity contribution is 9.10. The van der Waals surface area contributed by atoms with Crippen molar-refractivity contribution < 1.29 is 4.39 Å². The maximum absolute atomic E-state index is 14.1. The zero-order valence-electron chi connectivity index (χ0n) is 11.2. The van der Waals surface area contributed by atoms with E-state index >= 15 is 0 Å². The van der Waals surface area contributed by atoms with Gasteiger partial charge in [0.1, 0.15) is 5.82 Å². The third-order valence-electron chi connectivity index (χ3n) is 3.07. The Labute approximate surface area is 135 Å². The van der Waals surface area contributed by atoms with Gasteiger partial charge in [0.2, 0.25) is 0 Å². The van der Waals surface area contributed by atoms with Crippen molar-refractivity contribution in [2.75, 3.05) is 6.54 Å². The molecule has 0 aromatic heterocycles.